The largest absolute Gasteiger partial charge is 0.320 e. The summed E-state index contributed by atoms with van der Waals surface area (Å²) < 4.78 is 14.0. The summed E-state index contributed by atoms with van der Waals surface area (Å²) in [6.07, 6.45) is 6.67. The summed E-state index contributed by atoms with van der Waals surface area (Å²) >= 11 is 0. The Morgan fingerprint density at radius 2 is 2.13 bits per heavy atom. The van der Waals surface area contributed by atoms with Crippen LogP contribution >= 0.6 is 0 Å². The van der Waals surface area contributed by atoms with Crippen LogP contribution in [0.15, 0.2) is 53.5 Å². The van der Waals surface area contributed by atoms with E-state index in [2.05, 4.69) is 36.5 Å². The molecular weight excluding hydrogens is 383 g/mol. The average Bonchev–Trinajstić information content (AvgIpc) is 3.16. The van der Waals surface area contributed by atoms with Crippen LogP contribution in [0.1, 0.15) is 28.9 Å². The Balaban J connectivity index is 1.43. The SMILES string of the molecule is O=C(NC1=CN=CCC1F)c1n[nH]c2ccc(-c3cncc(CN4CCC4)c3)cc12. The lowest BCUT2D eigenvalue weighted by molar-refractivity contribution is 0.0955. The van der Waals surface area contributed by atoms with Crippen molar-refractivity contribution in [2.45, 2.75) is 25.6 Å². The molecular formula is C22H21FN6O. The fraction of sp³-hybridized carbons (Fsp3) is 0.273. The Morgan fingerprint density at radius 3 is 2.93 bits per heavy atom. The maximum atomic E-state index is 14.0. The number of allylic oxidation sites excluding steroid dienone is 1. The lowest BCUT2D eigenvalue weighted by atomic mass is 10.0. The maximum Gasteiger partial charge on any atom is 0.276 e. The molecule has 0 spiro atoms. The summed E-state index contributed by atoms with van der Waals surface area (Å²) in [5.41, 5.74) is 4.20. The fourth-order valence-electron chi connectivity index (χ4n) is 3.69. The van der Waals surface area contributed by atoms with E-state index in [4.69, 9.17) is 0 Å². The first-order valence-electron chi connectivity index (χ1n) is 9.99. The normalized spacial score (nSPS) is 18.8. The fourth-order valence-corrected chi connectivity index (χ4v) is 3.69. The highest BCUT2D eigenvalue weighted by atomic mass is 19.1. The lowest BCUT2D eigenvalue weighted by Gasteiger charge is -2.30. The highest BCUT2D eigenvalue weighted by molar-refractivity contribution is 6.06. The molecule has 1 aromatic carbocycles. The van der Waals surface area contributed by atoms with Gasteiger partial charge in [0.2, 0.25) is 0 Å². The summed E-state index contributed by atoms with van der Waals surface area (Å²) in [5, 5.41) is 10.3. The van der Waals surface area contributed by atoms with E-state index in [1.807, 2.05) is 30.6 Å². The maximum absolute atomic E-state index is 14.0. The first kappa shape index (κ1) is 18.6. The Kier molecular flexibility index (Phi) is 4.84. The smallest absolute Gasteiger partial charge is 0.276 e. The van der Waals surface area contributed by atoms with Gasteiger partial charge in [0.15, 0.2) is 5.69 Å². The first-order chi connectivity index (χ1) is 14.7. The molecule has 2 aliphatic heterocycles. The molecule has 0 radical (unpaired) electrons. The van der Waals surface area contributed by atoms with E-state index >= 15 is 0 Å². The zero-order valence-electron chi connectivity index (χ0n) is 16.3. The van der Waals surface area contributed by atoms with Crippen molar-refractivity contribution in [3.8, 4) is 11.1 Å². The number of nitrogens with one attached hydrogen (secondary N) is 2. The second-order valence-corrected chi connectivity index (χ2v) is 7.62. The number of likely N-dealkylation sites (tertiary alicyclic amines) is 1. The van der Waals surface area contributed by atoms with Crippen LogP contribution in [0.25, 0.3) is 22.0 Å². The third-order valence-corrected chi connectivity index (χ3v) is 5.49. The number of amides is 1. The summed E-state index contributed by atoms with van der Waals surface area (Å²) in [5.74, 6) is -0.464. The Bertz CT molecular complexity index is 1160. The first-order valence-corrected chi connectivity index (χ1v) is 9.99. The number of aliphatic imine (C=N–C) groups is 1. The molecule has 0 saturated carbocycles. The number of carbonyl (C=O) groups excluding carboxylic acids is 1. The van der Waals surface area contributed by atoms with E-state index in [0.717, 1.165) is 41.8 Å². The van der Waals surface area contributed by atoms with Crippen LogP contribution in [0.3, 0.4) is 0 Å². The molecule has 30 heavy (non-hydrogen) atoms. The Morgan fingerprint density at radius 1 is 1.23 bits per heavy atom. The second-order valence-electron chi connectivity index (χ2n) is 7.62. The van der Waals surface area contributed by atoms with Gasteiger partial charge in [0, 0.05) is 48.7 Å². The van der Waals surface area contributed by atoms with Crippen molar-refractivity contribution in [3.05, 3.63) is 59.8 Å². The minimum Gasteiger partial charge on any atom is -0.320 e. The number of hydrogen-bond acceptors (Lipinski definition) is 5. The molecule has 152 valence electrons. The van der Waals surface area contributed by atoms with Gasteiger partial charge in [-0.2, -0.15) is 5.10 Å². The predicted molar refractivity (Wildman–Crippen MR) is 113 cm³/mol. The molecule has 2 aromatic heterocycles. The number of rotatable bonds is 5. The molecule has 1 amide bonds. The molecule has 8 heteroatoms. The average molecular weight is 404 g/mol. The number of hydrogen-bond donors (Lipinski definition) is 2. The molecule has 5 rings (SSSR count). The highest BCUT2D eigenvalue weighted by Gasteiger charge is 2.21. The number of carbonyl (C=O) groups is 1. The number of pyridine rings is 1. The topological polar surface area (TPSA) is 86.3 Å². The van der Waals surface area contributed by atoms with E-state index in [1.54, 1.807) is 0 Å². The van der Waals surface area contributed by atoms with Crippen molar-refractivity contribution in [1.29, 1.82) is 0 Å². The Hall–Kier alpha value is -3.39. The van der Waals surface area contributed by atoms with Gasteiger partial charge >= 0.3 is 0 Å². The lowest BCUT2D eigenvalue weighted by Crippen LogP contribution is -2.36. The van der Waals surface area contributed by atoms with Crippen molar-refractivity contribution < 1.29 is 9.18 Å². The zero-order chi connectivity index (χ0) is 20.5. The number of aromatic nitrogens is 3. The molecule has 7 nitrogen and oxygen atoms in total. The number of H-pyrrole nitrogens is 1. The van der Waals surface area contributed by atoms with Crippen molar-refractivity contribution in [3.63, 3.8) is 0 Å². The summed E-state index contributed by atoms with van der Waals surface area (Å²) in [6, 6.07) is 7.91. The standard InChI is InChI=1S/C22H21FN6O/c23-18-4-5-24-12-20(18)26-22(30)21-17-9-15(2-3-19(17)27-28-21)16-8-14(10-25-11-16)13-29-6-1-7-29/h2-3,5,8-12,18H,1,4,6-7,13H2,(H,26,30)(H,27,28). The Labute approximate surface area is 172 Å². The van der Waals surface area contributed by atoms with Gasteiger partial charge in [-0.25, -0.2) is 4.39 Å². The van der Waals surface area contributed by atoms with Crippen molar-refractivity contribution >= 4 is 23.0 Å². The third kappa shape index (κ3) is 3.61. The van der Waals surface area contributed by atoms with Crippen molar-refractivity contribution in [2.75, 3.05) is 13.1 Å². The quantitative estimate of drug-likeness (QED) is 0.684. The molecule has 3 aromatic rings. The number of aromatic amines is 1. The molecule has 1 fully saturated rings. The van der Waals surface area contributed by atoms with E-state index < -0.39 is 12.1 Å². The molecule has 0 aliphatic carbocycles. The minimum absolute atomic E-state index is 0.151. The van der Waals surface area contributed by atoms with Crippen LogP contribution in [0.4, 0.5) is 4.39 Å². The molecule has 2 aliphatic rings. The number of alkyl halides is 1. The van der Waals surface area contributed by atoms with Gasteiger partial charge in [0.25, 0.3) is 5.91 Å². The van der Waals surface area contributed by atoms with Gasteiger partial charge in [-0.3, -0.25) is 24.8 Å². The van der Waals surface area contributed by atoms with Crippen LogP contribution < -0.4 is 5.32 Å². The van der Waals surface area contributed by atoms with Gasteiger partial charge in [0.05, 0.1) is 11.2 Å². The van der Waals surface area contributed by atoms with E-state index in [1.165, 1.54) is 18.8 Å². The molecule has 1 saturated heterocycles. The number of benzene rings is 1. The van der Waals surface area contributed by atoms with Gasteiger partial charge in [-0.15, -0.1) is 0 Å². The van der Waals surface area contributed by atoms with Crippen LogP contribution in [0, 0.1) is 0 Å². The van der Waals surface area contributed by atoms with Gasteiger partial charge in [0.1, 0.15) is 6.17 Å². The summed E-state index contributed by atoms with van der Waals surface area (Å²) in [7, 11) is 0. The summed E-state index contributed by atoms with van der Waals surface area (Å²) in [4.78, 5) is 23.4. The van der Waals surface area contributed by atoms with Gasteiger partial charge < -0.3 is 5.32 Å². The zero-order valence-corrected chi connectivity index (χ0v) is 16.3. The van der Waals surface area contributed by atoms with Gasteiger partial charge in [-0.05, 0) is 48.8 Å². The second kappa shape index (κ2) is 7.79. The number of fused-ring (bicyclic) bond motifs is 1. The van der Waals surface area contributed by atoms with E-state index in [9.17, 15) is 9.18 Å². The molecule has 2 N–H and O–H groups in total. The van der Waals surface area contributed by atoms with Crippen LogP contribution in [-0.2, 0) is 6.54 Å². The third-order valence-electron chi connectivity index (χ3n) is 5.49. The number of nitrogens with zero attached hydrogens (tertiary/aromatic N) is 4. The predicted octanol–water partition coefficient (Wildman–Crippen LogP) is 3.21. The van der Waals surface area contributed by atoms with Crippen LogP contribution in [0.2, 0.25) is 0 Å². The minimum atomic E-state index is -1.27. The van der Waals surface area contributed by atoms with Crippen molar-refractivity contribution in [2.24, 2.45) is 4.99 Å². The molecule has 0 bridgehead atoms. The van der Waals surface area contributed by atoms with E-state index in [0.29, 0.717) is 5.39 Å². The van der Waals surface area contributed by atoms with E-state index in [-0.39, 0.29) is 17.8 Å². The summed E-state index contributed by atoms with van der Waals surface area (Å²) in [6.45, 7) is 3.15. The van der Waals surface area contributed by atoms with Crippen LogP contribution in [-0.4, -0.2) is 51.5 Å². The molecule has 4 heterocycles. The van der Waals surface area contributed by atoms with Gasteiger partial charge in [-0.1, -0.05) is 6.07 Å². The monoisotopic (exact) mass is 404 g/mol. The van der Waals surface area contributed by atoms with Crippen LogP contribution in [0.5, 0.6) is 0 Å². The number of halogens is 1. The molecule has 1 unspecified atom stereocenters. The van der Waals surface area contributed by atoms with Crippen molar-refractivity contribution in [1.82, 2.24) is 25.4 Å². The highest BCUT2D eigenvalue weighted by Crippen LogP contribution is 2.26. The molecule has 1 atom stereocenters.